The van der Waals surface area contributed by atoms with Crippen molar-refractivity contribution < 1.29 is 27.5 Å². The molecular formula is C24H16ClF4N3O2. The quantitative estimate of drug-likeness (QED) is 0.297. The van der Waals surface area contributed by atoms with E-state index in [-0.39, 0.29) is 17.8 Å². The van der Waals surface area contributed by atoms with Gasteiger partial charge in [0.05, 0.1) is 27.5 Å². The third kappa shape index (κ3) is 5.04. The summed E-state index contributed by atoms with van der Waals surface area (Å²) < 4.78 is 54.5. The number of hydrogen-bond donors (Lipinski definition) is 2. The summed E-state index contributed by atoms with van der Waals surface area (Å²) in [6.45, 7) is 0.110. The number of carbonyl (C=O) groups is 1. The number of nitrogens with one attached hydrogen (secondary N) is 1. The number of alkyl halides is 3. The van der Waals surface area contributed by atoms with Crippen LogP contribution in [0.15, 0.2) is 72.9 Å². The summed E-state index contributed by atoms with van der Waals surface area (Å²) in [7, 11) is 0. The lowest BCUT2D eigenvalue weighted by molar-refractivity contribution is -0.137. The molecule has 0 atom stereocenters. The van der Waals surface area contributed by atoms with Gasteiger partial charge in [-0.3, -0.25) is 0 Å². The fourth-order valence-corrected chi connectivity index (χ4v) is 3.55. The largest absolute Gasteiger partial charge is 0.478 e. The number of carboxylic acid groups (broad SMARTS) is 1. The summed E-state index contributed by atoms with van der Waals surface area (Å²) >= 11 is 5.69. The van der Waals surface area contributed by atoms with Gasteiger partial charge in [0.2, 0.25) is 0 Å². The van der Waals surface area contributed by atoms with Gasteiger partial charge in [-0.15, -0.1) is 0 Å². The number of carboxylic acids is 1. The first-order chi connectivity index (χ1) is 16.1. The lowest BCUT2D eigenvalue weighted by Gasteiger charge is -2.12. The van der Waals surface area contributed by atoms with E-state index >= 15 is 0 Å². The van der Waals surface area contributed by atoms with Gasteiger partial charge in [0.15, 0.2) is 0 Å². The summed E-state index contributed by atoms with van der Waals surface area (Å²) in [6.07, 6.45) is -2.93. The van der Waals surface area contributed by atoms with E-state index in [1.165, 1.54) is 41.1 Å². The number of halogens is 5. The molecule has 0 saturated carbocycles. The van der Waals surface area contributed by atoms with Crippen molar-refractivity contribution in [2.45, 2.75) is 12.7 Å². The Balaban J connectivity index is 1.68. The molecule has 10 heteroatoms. The van der Waals surface area contributed by atoms with E-state index in [9.17, 15) is 22.4 Å². The number of aromatic nitrogens is 2. The summed E-state index contributed by atoms with van der Waals surface area (Å²) in [4.78, 5) is 11.1. The average Bonchev–Trinajstić information content (AvgIpc) is 3.22. The number of nitrogens with zero attached hydrogens (tertiary/aromatic N) is 2. The lowest BCUT2D eigenvalue weighted by atomic mass is 10.1. The maximum Gasteiger partial charge on any atom is 0.417 e. The predicted octanol–water partition coefficient (Wildman–Crippen LogP) is 6.66. The van der Waals surface area contributed by atoms with Crippen LogP contribution >= 0.6 is 11.6 Å². The third-order valence-electron chi connectivity index (χ3n) is 5.04. The molecule has 0 radical (unpaired) electrons. The van der Waals surface area contributed by atoms with E-state index in [0.717, 1.165) is 6.07 Å². The fraction of sp³-hybridized carbons (Fsp3) is 0.0833. The van der Waals surface area contributed by atoms with Gasteiger partial charge >= 0.3 is 12.1 Å². The Morgan fingerprint density at radius 2 is 1.71 bits per heavy atom. The maximum absolute atomic E-state index is 13.4. The Bertz CT molecular complexity index is 1330. The second-order valence-corrected chi connectivity index (χ2v) is 7.76. The topological polar surface area (TPSA) is 67.2 Å². The fourth-order valence-electron chi connectivity index (χ4n) is 3.33. The average molecular weight is 490 g/mol. The zero-order valence-corrected chi connectivity index (χ0v) is 18.0. The number of rotatable bonds is 6. The molecule has 4 aromatic rings. The molecule has 0 aliphatic heterocycles. The van der Waals surface area contributed by atoms with Crippen LogP contribution in [0.4, 0.5) is 23.2 Å². The smallest absolute Gasteiger partial charge is 0.417 e. The lowest BCUT2D eigenvalue weighted by Crippen LogP contribution is -2.07. The van der Waals surface area contributed by atoms with Crippen LogP contribution in [0, 0.1) is 5.82 Å². The summed E-state index contributed by atoms with van der Waals surface area (Å²) in [5.74, 6) is -1.49. The molecule has 34 heavy (non-hydrogen) atoms. The van der Waals surface area contributed by atoms with Gasteiger partial charge in [0.25, 0.3) is 0 Å². The van der Waals surface area contributed by atoms with E-state index in [0.29, 0.717) is 22.5 Å². The third-order valence-corrected chi connectivity index (χ3v) is 5.37. The van der Waals surface area contributed by atoms with Crippen molar-refractivity contribution in [3.63, 3.8) is 0 Å². The second-order valence-electron chi connectivity index (χ2n) is 7.35. The monoisotopic (exact) mass is 489 g/mol. The Morgan fingerprint density at radius 3 is 2.32 bits per heavy atom. The molecule has 0 bridgehead atoms. The minimum absolute atomic E-state index is 0.110. The summed E-state index contributed by atoms with van der Waals surface area (Å²) in [6, 6.07) is 15.2. The van der Waals surface area contributed by atoms with Crippen LogP contribution in [-0.2, 0) is 12.7 Å². The minimum atomic E-state index is -4.60. The van der Waals surface area contributed by atoms with Crippen LogP contribution in [0.5, 0.6) is 0 Å². The van der Waals surface area contributed by atoms with Crippen molar-refractivity contribution >= 4 is 23.3 Å². The summed E-state index contributed by atoms with van der Waals surface area (Å²) in [5.41, 5.74) is 1.65. The Labute approximate surface area is 196 Å². The number of hydrogen-bond acceptors (Lipinski definition) is 3. The van der Waals surface area contributed by atoms with Crippen molar-refractivity contribution in [3.05, 3.63) is 100 Å². The highest BCUT2D eigenvalue weighted by atomic mass is 35.5. The van der Waals surface area contributed by atoms with Crippen LogP contribution in [-0.4, -0.2) is 20.9 Å². The maximum atomic E-state index is 13.4. The molecule has 2 N–H and O–H groups in total. The molecule has 4 rings (SSSR count). The van der Waals surface area contributed by atoms with Crippen LogP contribution in [0.2, 0.25) is 5.02 Å². The van der Waals surface area contributed by atoms with Gasteiger partial charge in [0, 0.05) is 29.6 Å². The van der Waals surface area contributed by atoms with Crippen molar-refractivity contribution in [2.24, 2.45) is 0 Å². The highest BCUT2D eigenvalue weighted by Crippen LogP contribution is 2.36. The SMILES string of the molecule is O=C(O)c1ccc(-n2cc(CNc3ccc(Cl)c(C(F)(F)F)c3)c(-c3ccc(F)cc3)n2)cc1. The van der Waals surface area contributed by atoms with Gasteiger partial charge in [-0.05, 0) is 66.7 Å². The van der Waals surface area contributed by atoms with Gasteiger partial charge < -0.3 is 10.4 Å². The van der Waals surface area contributed by atoms with E-state index in [4.69, 9.17) is 16.7 Å². The highest BCUT2D eigenvalue weighted by molar-refractivity contribution is 6.31. The van der Waals surface area contributed by atoms with Gasteiger partial charge in [-0.1, -0.05) is 11.6 Å². The molecule has 0 unspecified atom stereocenters. The van der Waals surface area contributed by atoms with Gasteiger partial charge in [-0.2, -0.15) is 18.3 Å². The van der Waals surface area contributed by atoms with Gasteiger partial charge in [-0.25, -0.2) is 13.9 Å². The second kappa shape index (κ2) is 9.18. The molecule has 0 fully saturated rings. The molecule has 1 heterocycles. The molecule has 0 spiro atoms. The van der Waals surface area contributed by atoms with Crippen molar-refractivity contribution in [1.82, 2.24) is 9.78 Å². The van der Waals surface area contributed by atoms with Crippen molar-refractivity contribution in [3.8, 4) is 16.9 Å². The van der Waals surface area contributed by atoms with E-state index < -0.39 is 28.5 Å². The van der Waals surface area contributed by atoms with Crippen molar-refractivity contribution in [1.29, 1.82) is 0 Å². The highest BCUT2D eigenvalue weighted by Gasteiger charge is 2.33. The van der Waals surface area contributed by atoms with Crippen LogP contribution in [0.1, 0.15) is 21.5 Å². The van der Waals surface area contributed by atoms with E-state index in [1.807, 2.05) is 0 Å². The molecule has 0 aliphatic rings. The van der Waals surface area contributed by atoms with Crippen LogP contribution in [0.25, 0.3) is 16.9 Å². The number of benzene rings is 3. The molecule has 3 aromatic carbocycles. The zero-order chi connectivity index (χ0) is 24.5. The predicted molar refractivity (Wildman–Crippen MR) is 120 cm³/mol. The molecule has 1 aromatic heterocycles. The molecule has 0 saturated heterocycles. The summed E-state index contributed by atoms with van der Waals surface area (Å²) in [5, 5.41) is 16.2. The van der Waals surface area contributed by atoms with E-state index in [1.54, 1.807) is 30.5 Å². The van der Waals surface area contributed by atoms with Gasteiger partial charge in [0.1, 0.15) is 5.82 Å². The molecule has 5 nitrogen and oxygen atoms in total. The van der Waals surface area contributed by atoms with Crippen molar-refractivity contribution in [2.75, 3.05) is 5.32 Å². The number of anilines is 1. The molecular weight excluding hydrogens is 474 g/mol. The first-order valence-electron chi connectivity index (χ1n) is 9.90. The Hall–Kier alpha value is -3.85. The Kier molecular flexibility index (Phi) is 6.30. The normalized spacial score (nSPS) is 11.4. The first kappa shape index (κ1) is 23.3. The zero-order valence-electron chi connectivity index (χ0n) is 17.3. The van der Waals surface area contributed by atoms with Crippen LogP contribution < -0.4 is 5.32 Å². The van der Waals surface area contributed by atoms with Crippen LogP contribution in [0.3, 0.4) is 0 Å². The molecule has 0 aliphatic carbocycles. The Morgan fingerprint density at radius 1 is 1.03 bits per heavy atom. The molecule has 174 valence electrons. The standard InChI is InChI=1S/C24H16ClF4N3O2/c25-21-10-7-18(11-20(21)24(27,28)29)30-12-16-13-32(19-8-3-15(4-9-19)23(33)34)31-22(16)14-1-5-17(26)6-2-14/h1-11,13,30H,12H2,(H,33,34). The van der Waals surface area contributed by atoms with E-state index in [2.05, 4.69) is 10.4 Å². The minimum Gasteiger partial charge on any atom is -0.478 e. The molecule has 0 amide bonds. The number of aromatic carboxylic acids is 1. The first-order valence-corrected chi connectivity index (χ1v) is 10.3.